The van der Waals surface area contributed by atoms with Crippen LogP contribution in [0.1, 0.15) is 76.7 Å². The van der Waals surface area contributed by atoms with Gasteiger partial charge < -0.3 is 9.47 Å². The molecule has 3 heteroatoms. The summed E-state index contributed by atoms with van der Waals surface area (Å²) in [7, 11) is 0. The lowest BCUT2D eigenvalue weighted by Gasteiger charge is -2.28. The summed E-state index contributed by atoms with van der Waals surface area (Å²) in [5.41, 5.74) is 1.04. The van der Waals surface area contributed by atoms with Crippen LogP contribution in [0.4, 0.5) is 0 Å². The lowest BCUT2D eigenvalue weighted by molar-refractivity contribution is -0.156. The number of cyclic esters (lactones) is 1. The highest BCUT2D eigenvalue weighted by Crippen LogP contribution is 2.32. The minimum atomic E-state index is -0.109. The molecule has 1 heterocycles. The summed E-state index contributed by atoms with van der Waals surface area (Å²) >= 11 is 0. The van der Waals surface area contributed by atoms with Crippen LogP contribution in [0.2, 0.25) is 0 Å². The Hall–Kier alpha value is -1.51. The molecule has 0 amide bonds. The average molecular weight is 318 g/mol. The van der Waals surface area contributed by atoms with Crippen LogP contribution in [0, 0.1) is 0 Å². The van der Waals surface area contributed by atoms with Crippen molar-refractivity contribution in [2.75, 3.05) is 6.61 Å². The number of carbonyl (C=O) groups excluding carboxylic acids is 1. The second-order valence-corrected chi connectivity index (χ2v) is 6.39. The van der Waals surface area contributed by atoms with Crippen LogP contribution in [0.25, 0.3) is 0 Å². The van der Waals surface area contributed by atoms with Crippen molar-refractivity contribution in [2.45, 2.75) is 77.2 Å². The van der Waals surface area contributed by atoms with E-state index >= 15 is 0 Å². The summed E-state index contributed by atoms with van der Waals surface area (Å²) in [5, 5.41) is 0. The van der Waals surface area contributed by atoms with E-state index in [1.54, 1.807) is 0 Å². The highest BCUT2D eigenvalue weighted by atomic mass is 16.5. The molecular formula is C20H30O3. The molecule has 0 saturated carbocycles. The lowest BCUT2D eigenvalue weighted by atomic mass is 9.89. The van der Waals surface area contributed by atoms with E-state index in [0.717, 1.165) is 30.6 Å². The van der Waals surface area contributed by atoms with Crippen LogP contribution in [0.3, 0.4) is 0 Å². The molecule has 1 aromatic carbocycles. The Bertz CT molecular complexity index is 466. The maximum Gasteiger partial charge on any atom is 0.313 e. The van der Waals surface area contributed by atoms with Crippen molar-refractivity contribution in [3.05, 3.63) is 29.8 Å². The molecule has 1 aliphatic heterocycles. The van der Waals surface area contributed by atoms with Gasteiger partial charge in [-0.05, 0) is 50.3 Å². The van der Waals surface area contributed by atoms with Crippen LogP contribution in [-0.4, -0.2) is 18.7 Å². The van der Waals surface area contributed by atoms with Gasteiger partial charge in [-0.25, -0.2) is 0 Å². The molecule has 2 rings (SSSR count). The summed E-state index contributed by atoms with van der Waals surface area (Å²) in [6, 6.07) is 7.85. The summed E-state index contributed by atoms with van der Waals surface area (Å²) in [6.45, 7) is 4.85. The van der Waals surface area contributed by atoms with Crippen molar-refractivity contribution in [2.24, 2.45) is 0 Å². The first-order valence-electron chi connectivity index (χ1n) is 9.17. The maximum atomic E-state index is 12.3. The van der Waals surface area contributed by atoms with Gasteiger partial charge in [0.1, 0.15) is 11.9 Å². The number of esters is 1. The Morgan fingerprint density at radius 3 is 2.43 bits per heavy atom. The first-order chi connectivity index (χ1) is 11.2. The molecule has 3 nitrogen and oxygen atoms in total. The van der Waals surface area contributed by atoms with Crippen molar-refractivity contribution < 1.29 is 14.3 Å². The van der Waals surface area contributed by atoms with E-state index in [9.17, 15) is 4.79 Å². The van der Waals surface area contributed by atoms with E-state index in [0.29, 0.717) is 6.61 Å². The van der Waals surface area contributed by atoms with Crippen LogP contribution in [0.5, 0.6) is 5.75 Å². The summed E-state index contributed by atoms with van der Waals surface area (Å²) in [4.78, 5) is 12.3. The second kappa shape index (κ2) is 9.59. The highest BCUT2D eigenvalue weighted by molar-refractivity contribution is 5.79. The summed E-state index contributed by atoms with van der Waals surface area (Å²) in [6.07, 6.45) is 9.33. The van der Waals surface area contributed by atoms with Gasteiger partial charge in [0.25, 0.3) is 0 Å². The van der Waals surface area contributed by atoms with E-state index in [-0.39, 0.29) is 18.0 Å². The van der Waals surface area contributed by atoms with Gasteiger partial charge in [-0.1, -0.05) is 44.7 Å². The molecule has 0 bridgehead atoms. The second-order valence-electron chi connectivity index (χ2n) is 6.39. The predicted molar refractivity (Wildman–Crippen MR) is 92.8 cm³/mol. The topological polar surface area (TPSA) is 35.5 Å². The van der Waals surface area contributed by atoms with Crippen LogP contribution in [0.15, 0.2) is 24.3 Å². The highest BCUT2D eigenvalue weighted by Gasteiger charge is 2.30. The Morgan fingerprint density at radius 2 is 1.78 bits per heavy atom. The SMILES string of the molecule is CCCCCCCC1CCC(c2ccc(OCC)cc2)C(=O)O1. The molecule has 1 fully saturated rings. The van der Waals surface area contributed by atoms with Crippen molar-refractivity contribution >= 4 is 5.97 Å². The summed E-state index contributed by atoms with van der Waals surface area (Å²) in [5.74, 6) is 0.686. The van der Waals surface area contributed by atoms with Gasteiger partial charge in [0.2, 0.25) is 0 Å². The molecule has 128 valence electrons. The molecule has 0 N–H and O–H groups in total. The third-order valence-electron chi connectivity index (χ3n) is 4.57. The molecule has 1 aliphatic rings. The van der Waals surface area contributed by atoms with Crippen LogP contribution >= 0.6 is 0 Å². The summed E-state index contributed by atoms with van der Waals surface area (Å²) < 4.78 is 11.1. The van der Waals surface area contributed by atoms with Crippen molar-refractivity contribution in [3.63, 3.8) is 0 Å². The van der Waals surface area contributed by atoms with E-state index in [2.05, 4.69) is 6.92 Å². The Morgan fingerprint density at radius 1 is 1.04 bits per heavy atom. The molecule has 1 aromatic rings. The normalized spacial score (nSPS) is 21.0. The number of unbranched alkanes of at least 4 members (excludes halogenated alkanes) is 4. The molecule has 2 atom stereocenters. The fourth-order valence-electron chi connectivity index (χ4n) is 3.22. The molecule has 0 radical (unpaired) electrons. The molecule has 0 aromatic heterocycles. The fourth-order valence-corrected chi connectivity index (χ4v) is 3.22. The number of carbonyl (C=O) groups is 1. The van der Waals surface area contributed by atoms with Crippen molar-refractivity contribution in [1.29, 1.82) is 0 Å². The fraction of sp³-hybridized carbons (Fsp3) is 0.650. The molecule has 0 aliphatic carbocycles. The Balaban J connectivity index is 1.78. The standard InChI is InChI=1S/C20H30O3/c1-3-5-6-7-8-9-18-14-15-19(20(21)23-18)16-10-12-17(13-11-16)22-4-2/h10-13,18-19H,3-9,14-15H2,1-2H3. The zero-order chi connectivity index (χ0) is 16.5. The number of rotatable bonds is 9. The van der Waals surface area contributed by atoms with Gasteiger partial charge in [-0.15, -0.1) is 0 Å². The third-order valence-corrected chi connectivity index (χ3v) is 4.57. The van der Waals surface area contributed by atoms with Crippen molar-refractivity contribution in [1.82, 2.24) is 0 Å². The van der Waals surface area contributed by atoms with Gasteiger partial charge in [-0.2, -0.15) is 0 Å². The molecule has 23 heavy (non-hydrogen) atoms. The smallest absolute Gasteiger partial charge is 0.313 e. The molecular weight excluding hydrogens is 288 g/mol. The number of hydrogen-bond acceptors (Lipinski definition) is 3. The van der Waals surface area contributed by atoms with Crippen LogP contribution < -0.4 is 4.74 Å². The quantitative estimate of drug-likeness (QED) is 0.461. The van der Waals surface area contributed by atoms with Crippen LogP contribution in [-0.2, 0) is 9.53 Å². The molecule has 2 unspecified atom stereocenters. The predicted octanol–water partition coefficient (Wildman–Crippen LogP) is 5.24. The van der Waals surface area contributed by atoms with E-state index < -0.39 is 0 Å². The zero-order valence-electron chi connectivity index (χ0n) is 14.6. The number of ether oxygens (including phenoxy) is 2. The van der Waals surface area contributed by atoms with Gasteiger partial charge in [0.05, 0.1) is 12.5 Å². The average Bonchev–Trinajstić information content (AvgIpc) is 2.56. The van der Waals surface area contributed by atoms with Gasteiger partial charge in [0, 0.05) is 0 Å². The van der Waals surface area contributed by atoms with E-state index in [4.69, 9.17) is 9.47 Å². The lowest BCUT2D eigenvalue weighted by Crippen LogP contribution is -2.29. The molecule has 0 spiro atoms. The van der Waals surface area contributed by atoms with Gasteiger partial charge >= 0.3 is 5.97 Å². The van der Waals surface area contributed by atoms with Gasteiger partial charge in [0.15, 0.2) is 0 Å². The van der Waals surface area contributed by atoms with Gasteiger partial charge in [-0.3, -0.25) is 4.79 Å². The maximum absolute atomic E-state index is 12.3. The third kappa shape index (κ3) is 5.56. The zero-order valence-corrected chi connectivity index (χ0v) is 14.6. The first kappa shape index (κ1) is 17.8. The number of benzene rings is 1. The first-order valence-corrected chi connectivity index (χ1v) is 9.17. The van der Waals surface area contributed by atoms with Crippen molar-refractivity contribution in [3.8, 4) is 5.75 Å². The Labute approximate surface area is 140 Å². The number of hydrogen-bond donors (Lipinski definition) is 0. The monoisotopic (exact) mass is 318 g/mol. The largest absolute Gasteiger partial charge is 0.494 e. The minimum Gasteiger partial charge on any atom is -0.494 e. The minimum absolute atomic E-state index is 0.0565. The van der Waals surface area contributed by atoms with E-state index in [1.807, 2.05) is 31.2 Å². The molecule has 1 saturated heterocycles. The Kier molecular flexibility index (Phi) is 7.44. The van der Waals surface area contributed by atoms with E-state index in [1.165, 1.54) is 32.1 Å².